The Labute approximate surface area is 125 Å². The fourth-order valence-electron chi connectivity index (χ4n) is 2.00. The molecule has 2 aromatic rings. The van der Waals surface area contributed by atoms with E-state index >= 15 is 0 Å². The molecule has 1 N–H and O–H groups in total. The van der Waals surface area contributed by atoms with E-state index in [1.54, 1.807) is 19.5 Å². The van der Waals surface area contributed by atoms with Gasteiger partial charge >= 0.3 is 0 Å². The van der Waals surface area contributed by atoms with Gasteiger partial charge in [0.15, 0.2) is 5.82 Å². The molecule has 21 heavy (non-hydrogen) atoms. The maximum Gasteiger partial charge on any atom is 0.161 e. The van der Waals surface area contributed by atoms with Gasteiger partial charge in [-0.3, -0.25) is 4.98 Å². The van der Waals surface area contributed by atoms with E-state index in [0.29, 0.717) is 6.04 Å². The van der Waals surface area contributed by atoms with E-state index in [2.05, 4.69) is 34.1 Å². The molecular weight excluding hydrogens is 264 g/mol. The fraction of sp³-hybridized carbons (Fsp3) is 0.438. The summed E-state index contributed by atoms with van der Waals surface area (Å²) in [6, 6.07) is 6.16. The zero-order valence-electron chi connectivity index (χ0n) is 12.8. The average Bonchev–Trinajstić information content (AvgIpc) is 2.53. The first-order valence-electron chi connectivity index (χ1n) is 7.26. The number of aryl methyl sites for hydroxylation is 1. The summed E-state index contributed by atoms with van der Waals surface area (Å²) in [5.74, 6) is 1.59. The minimum Gasteiger partial charge on any atom is -0.385 e. The summed E-state index contributed by atoms with van der Waals surface area (Å²) in [5, 5.41) is 3.41. The Hall–Kier alpha value is -2.01. The highest BCUT2D eigenvalue weighted by Gasteiger charge is 2.08. The lowest BCUT2D eigenvalue weighted by Crippen LogP contribution is -2.18. The lowest BCUT2D eigenvalue weighted by atomic mass is 10.2. The molecule has 0 aliphatic rings. The monoisotopic (exact) mass is 286 g/mol. The minimum absolute atomic E-state index is 0.301. The van der Waals surface area contributed by atoms with Gasteiger partial charge in [0, 0.05) is 49.5 Å². The number of hydrogen-bond acceptors (Lipinski definition) is 5. The van der Waals surface area contributed by atoms with Crippen LogP contribution in [-0.4, -0.2) is 34.7 Å². The van der Waals surface area contributed by atoms with Crippen molar-refractivity contribution < 1.29 is 4.74 Å². The van der Waals surface area contributed by atoms with Crippen molar-refractivity contribution in [2.75, 3.05) is 19.0 Å². The standard InChI is InChI=1S/C16H22N4O/c1-4-14-11-15(18-12(2)7-10-21-3)20-16(19-14)13-5-8-17-9-6-13/h5-6,8-9,11-12H,4,7,10H2,1-3H3,(H,18,19,20). The zero-order valence-corrected chi connectivity index (χ0v) is 12.8. The lowest BCUT2D eigenvalue weighted by molar-refractivity contribution is 0.191. The van der Waals surface area contributed by atoms with Crippen LogP contribution >= 0.6 is 0 Å². The van der Waals surface area contributed by atoms with E-state index in [0.717, 1.165) is 42.3 Å². The van der Waals surface area contributed by atoms with Crippen LogP contribution in [0.25, 0.3) is 11.4 Å². The third-order valence-corrected chi connectivity index (χ3v) is 3.23. The first-order valence-corrected chi connectivity index (χ1v) is 7.26. The molecule has 0 saturated carbocycles. The third-order valence-electron chi connectivity index (χ3n) is 3.23. The zero-order chi connectivity index (χ0) is 15.1. The largest absolute Gasteiger partial charge is 0.385 e. The van der Waals surface area contributed by atoms with E-state index < -0.39 is 0 Å². The van der Waals surface area contributed by atoms with Gasteiger partial charge in [-0.1, -0.05) is 6.92 Å². The van der Waals surface area contributed by atoms with Crippen molar-refractivity contribution in [2.24, 2.45) is 0 Å². The molecule has 0 aliphatic heterocycles. The van der Waals surface area contributed by atoms with Gasteiger partial charge in [-0.15, -0.1) is 0 Å². The smallest absolute Gasteiger partial charge is 0.161 e. The highest BCUT2D eigenvalue weighted by atomic mass is 16.5. The third kappa shape index (κ3) is 4.49. The topological polar surface area (TPSA) is 59.9 Å². The highest BCUT2D eigenvalue weighted by molar-refractivity contribution is 5.56. The van der Waals surface area contributed by atoms with E-state index in [1.165, 1.54) is 0 Å². The van der Waals surface area contributed by atoms with E-state index in [4.69, 9.17) is 4.74 Å². The number of anilines is 1. The molecule has 0 fully saturated rings. The minimum atomic E-state index is 0.301. The molecular formula is C16H22N4O. The van der Waals surface area contributed by atoms with Gasteiger partial charge in [0.2, 0.25) is 0 Å². The lowest BCUT2D eigenvalue weighted by Gasteiger charge is -2.15. The van der Waals surface area contributed by atoms with Gasteiger partial charge in [-0.2, -0.15) is 0 Å². The molecule has 1 atom stereocenters. The van der Waals surface area contributed by atoms with Gasteiger partial charge in [-0.05, 0) is 31.9 Å². The molecule has 0 amide bonds. The summed E-state index contributed by atoms with van der Waals surface area (Å²) in [4.78, 5) is 13.2. The van der Waals surface area contributed by atoms with Crippen molar-refractivity contribution in [3.63, 3.8) is 0 Å². The summed E-state index contributed by atoms with van der Waals surface area (Å²) < 4.78 is 5.11. The van der Waals surface area contributed by atoms with Crippen LogP contribution in [-0.2, 0) is 11.2 Å². The number of ether oxygens (including phenoxy) is 1. The molecule has 5 nitrogen and oxygen atoms in total. The van der Waals surface area contributed by atoms with E-state index in [-0.39, 0.29) is 0 Å². The van der Waals surface area contributed by atoms with Crippen LogP contribution in [0.1, 0.15) is 26.0 Å². The fourth-order valence-corrected chi connectivity index (χ4v) is 2.00. The number of rotatable bonds is 7. The van der Waals surface area contributed by atoms with E-state index in [9.17, 15) is 0 Å². The summed E-state index contributed by atoms with van der Waals surface area (Å²) in [6.07, 6.45) is 5.32. The first kappa shape index (κ1) is 15.4. The molecule has 0 saturated heterocycles. The first-order chi connectivity index (χ1) is 10.2. The van der Waals surface area contributed by atoms with Crippen molar-refractivity contribution in [2.45, 2.75) is 32.7 Å². The summed E-state index contributed by atoms with van der Waals surface area (Å²) in [5.41, 5.74) is 2.01. The molecule has 0 aromatic carbocycles. The second-order valence-corrected chi connectivity index (χ2v) is 4.98. The number of methoxy groups -OCH3 is 1. The summed E-state index contributed by atoms with van der Waals surface area (Å²) in [6.45, 7) is 4.95. The van der Waals surface area contributed by atoms with Crippen molar-refractivity contribution in [1.29, 1.82) is 0 Å². The van der Waals surface area contributed by atoms with Crippen LogP contribution in [0.5, 0.6) is 0 Å². The van der Waals surface area contributed by atoms with Gasteiger partial charge in [0.25, 0.3) is 0 Å². The SMILES string of the molecule is CCc1cc(NC(C)CCOC)nc(-c2ccncc2)n1. The van der Waals surface area contributed by atoms with E-state index in [1.807, 2.05) is 18.2 Å². The van der Waals surface area contributed by atoms with Crippen LogP contribution in [0.3, 0.4) is 0 Å². The number of hydrogen-bond donors (Lipinski definition) is 1. The molecule has 2 heterocycles. The average molecular weight is 286 g/mol. The van der Waals surface area contributed by atoms with Crippen LogP contribution in [0.4, 0.5) is 5.82 Å². The predicted octanol–water partition coefficient (Wildman–Crippen LogP) is 2.94. The summed E-state index contributed by atoms with van der Waals surface area (Å²) >= 11 is 0. The van der Waals surface area contributed by atoms with Crippen molar-refractivity contribution in [1.82, 2.24) is 15.0 Å². The van der Waals surface area contributed by atoms with Crippen molar-refractivity contribution in [3.8, 4) is 11.4 Å². The Morgan fingerprint density at radius 2 is 2.00 bits per heavy atom. The molecule has 0 spiro atoms. The van der Waals surface area contributed by atoms with Crippen molar-refractivity contribution in [3.05, 3.63) is 36.3 Å². The van der Waals surface area contributed by atoms with Gasteiger partial charge in [0.1, 0.15) is 5.82 Å². The highest BCUT2D eigenvalue weighted by Crippen LogP contribution is 2.18. The second kappa shape index (κ2) is 7.69. The van der Waals surface area contributed by atoms with Crippen LogP contribution in [0.15, 0.2) is 30.6 Å². The van der Waals surface area contributed by atoms with Crippen LogP contribution < -0.4 is 5.32 Å². The molecule has 0 aliphatic carbocycles. The normalized spacial score (nSPS) is 12.1. The van der Waals surface area contributed by atoms with Gasteiger partial charge in [-0.25, -0.2) is 9.97 Å². The maximum atomic E-state index is 5.11. The number of nitrogens with one attached hydrogen (secondary N) is 1. The van der Waals surface area contributed by atoms with Crippen LogP contribution in [0, 0.1) is 0 Å². The Balaban J connectivity index is 2.22. The molecule has 2 rings (SSSR count). The van der Waals surface area contributed by atoms with Gasteiger partial charge in [0.05, 0.1) is 0 Å². The second-order valence-electron chi connectivity index (χ2n) is 4.98. The number of nitrogens with zero attached hydrogens (tertiary/aromatic N) is 3. The maximum absolute atomic E-state index is 5.11. The molecule has 1 unspecified atom stereocenters. The molecule has 0 bridgehead atoms. The Bertz CT molecular complexity index is 559. The molecule has 0 radical (unpaired) electrons. The molecule has 2 aromatic heterocycles. The number of pyridine rings is 1. The predicted molar refractivity (Wildman–Crippen MR) is 84.2 cm³/mol. The Morgan fingerprint density at radius 3 is 2.67 bits per heavy atom. The molecule has 5 heteroatoms. The Morgan fingerprint density at radius 1 is 1.24 bits per heavy atom. The molecule has 112 valence electrons. The van der Waals surface area contributed by atoms with Crippen molar-refractivity contribution >= 4 is 5.82 Å². The van der Waals surface area contributed by atoms with Gasteiger partial charge < -0.3 is 10.1 Å². The number of aromatic nitrogens is 3. The summed E-state index contributed by atoms with van der Waals surface area (Å²) in [7, 11) is 1.72. The van der Waals surface area contributed by atoms with Crippen LogP contribution in [0.2, 0.25) is 0 Å². The quantitative estimate of drug-likeness (QED) is 0.848. The Kier molecular flexibility index (Phi) is 5.63.